The Morgan fingerprint density at radius 1 is 1.09 bits per heavy atom. The van der Waals surface area contributed by atoms with Crippen molar-refractivity contribution in [3.05, 3.63) is 22.0 Å². The minimum absolute atomic E-state index is 0.0475. The van der Waals surface area contributed by atoms with Crippen molar-refractivity contribution in [3.63, 3.8) is 0 Å². The average Bonchev–Trinajstić information content (AvgIpc) is 3.18. The Morgan fingerprint density at radius 2 is 1.74 bits per heavy atom. The van der Waals surface area contributed by atoms with E-state index in [1.54, 1.807) is 0 Å². The van der Waals surface area contributed by atoms with Gasteiger partial charge in [0.2, 0.25) is 0 Å². The zero-order chi connectivity index (χ0) is 16.3. The zero-order valence-corrected chi connectivity index (χ0v) is 14.2. The molecule has 120 valence electrons. The zero-order valence-electron chi connectivity index (χ0n) is 13.4. The van der Waals surface area contributed by atoms with Crippen LogP contribution >= 0.6 is 11.3 Å². The molecule has 6 heteroatoms. The van der Waals surface area contributed by atoms with Gasteiger partial charge in [-0.1, -0.05) is 5.16 Å². The Bertz CT molecular complexity index is 778. The van der Waals surface area contributed by atoms with Crippen molar-refractivity contribution in [2.24, 2.45) is 11.8 Å². The fourth-order valence-electron chi connectivity index (χ4n) is 3.95. The number of nitrogens with zero attached hydrogens (tertiary/aromatic N) is 2. The Labute approximate surface area is 138 Å². The quantitative estimate of drug-likeness (QED) is 0.789. The third-order valence-electron chi connectivity index (χ3n) is 5.16. The topological polar surface area (TPSA) is 73.1 Å². The molecule has 2 aromatic heterocycles. The summed E-state index contributed by atoms with van der Waals surface area (Å²) < 4.78 is 5.21. The van der Waals surface area contributed by atoms with Gasteiger partial charge in [-0.3, -0.25) is 9.59 Å². The second kappa shape index (κ2) is 5.09. The molecule has 2 bridgehead atoms. The number of hydrogen-bond acceptors (Lipinski definition) is 6. The summed E-state index contributed by atoms with van der Waals surface area (Å²) in [6, 6.07) is 0. The molecular weight excluding hydrogens is 312 g/mol. The van der Waals surface area contributed by atoms with Crippen LogP contribution in [0, 0.1) is 32.6 Å². The van der Waals surface area contributed by atoms with Crippen LogP contribution in [-0.4, -0.2) is 21.7 Å². The largest absolute Gasteiger partial charge is 0.361 e. The van der Waals surface area contributed by atoms with Gasteiger partial charge >= 0.3 is 0 Å². The lowest BCUT2D eigenvalue weighted by atomic mass is 9.77. The summed E-state index contributed by atoms with van der Waals surface area (Å²) in [5.74, 6) is 0.290. The predicted octanol–water partition coefficient (Wildman–Crippen LogP) is 3.38. The highest BCUT2D eigenvalue weighted by Crippen LogP contribution is 2.45. The molecule has 2 fully saturated rings. The molecule has 2 saturated carbocycles. The third-order valence-corrected chi connectivity index (χ3v) is 6.16. The number of ketones is 2. The normalized spacial score (nSPS) is 27.0. The number of aryl methyl sites for hydroxylation is 3. The van der Waals surface area contributed by atoms with Crippen molar-refractivity contribution in [1.29, 1.82) is 0 Å². The summed E-state index contributed by atoms with van der Waals surface area (Å²) >= 11 is 1.51. The molecule has 2 aliphatic carbocycles. The van der Waals surface area contributed by atoms with Crippen LogP contribution in [0.2, 0.25) is 0 Å². The highest BCUT2D eigenvalue weighted by Gasteiger charge is 2.48. The summed E-state index contributed by atoms with van der Waals surface area (Å²) in [5, 5.41) is 4.75. The van der Waals surface area contributed by atoms with E-state index in [4.69, 9.17) is 4.52 Å². The van der Waals surface area contributed by atoms with E-state index in [0.29, 0.717) is 11.5 Å². The lowest BCUT2D eigenvalue weighted by molar-refractivity contribution is -0.136. The first kappa shape index (κ1) is 14.8. The van der Waals surface area contributed by atoms with E-state index in [9.17, 15) is 9.59 Å². The first-order valence-corrected chi connectivity index (χ1v) is 8.77. The molecule has 4 rings (SSSR count). The molecule has 0 spiro atoms. The van der Waals surface area contributed by atoms with Crippen LogP contribution in [0.25, 0.3) is 10.6 Å². The molecule has 3 atom stereocenters. The van der Waals surface area contributed by atoms with E-state index in [1.807, 2.05) is 20.8 Å². The summed E-state index contributed by atoms with van der Waals surface area (Å²) in [5.41, 5.74) is 2.31. The van der Waals surface area contributed by atoms with Gasteiger partial charge in [-0.2, -0.15) is 0 Å². The minimum Gasteiger partial charge on any atom is -0.361 e. The molecule has 5 nitrogen and oxygen atoms in total. The van der Waals surface area contributed by atoms with Gasteiger partial charge in [0.05, 0.1) is 17.0 Å². The van der Waals surface area contributed by atoms with Gasteiger partial charge in [0.1, 0.15) is 16.7 Å². The van der Waals surface area contributed by atoms with Gasteiger partial charge < -0.3 is 4.52 Å². The second-order valence-electron chi connectivity index (χ2n) is 6.60. The van der Waals surface area contributed by atoms with E-state index in [0.717, 1.165) is 40.4 Å². The first-order valence-electron chi connectivity index (χ1n) is 7.95. The van der Waals surface area contributed by atoms with E-state index >= 15 is 0 Å². The van der Waals surface area contributed by atoms with Crippen LogP contribution in [0.4, 0.5) is 0 Å². The van der Waals surface area contributed by atoms with Crippen LogP contribution in [0.3, 0.4) is 0 Å². The molecular formula is C17H18N2O3S. The van der Waals surface area contributed by atoms with E-state index < -0.39 is 5.92 Å². The Hall–Kier alpha value is -1.82. The van der Waals surface area contributed by atoms with Gasteiger partial charge in [0, 0.05) is 16.7 Å². The van der Waals surface area contributed by atoms with Crippen LogP contribution in [-0.2, 0) is 9.59 Å². The number of fused-ring (bicyclic) bond motifs is 2. The fourth-order valence-corrected chi connectivity index (χ4v) is 5.05. The van der Waals surface area contributed by atoms with Crippen LogP contribution in [0.15, 0.2) is 4.52 Å². The molecule has 0 aromatic carbocycles. The fraction of sp³-hybridized carbons (Fsp3) is 0.529. The van der Waals surface area contributed by atoms with Crippen LogP contribution in [0.5, 0.6) is 0 Å². The Kier molecular flexibility index (Phi) is 3.27. The van der Waals surface area contributed by atoms with Crippen LogP contribution < -0.4 is 0 Å². The van der Waals surface area contributed by atoms with Crippen LogP contribution in [0.1, 0.15) is 47.2 Å². The van der Waals surface area contributed by atoms with Crippen molar-refractivity contribution < 1.29 is 14.1 Å². The highest BCUT2D eigenvalue weighted by molar-refractivity contribution is 7.15. The molecule has 0 radical (unpaired) electrons. The van der Waals surface area contributed by atoms with Crippen molar-refractivity contribution in [3.8, 4) is 10.6 Å². The lowest BCUT2D eigenvalue weighted by Gasteiger charge is -2.24. The average molecular weight is 330 g/mol. The molecule has 23 heavy (non-hydrogen) atoms. The van der Waals surface area contributed by atoms with E-state index in [2.05, 4.69) is 10.1 Å². The number of carbonyl (C=O) groups excluding carboxylic acids is 2. The Morgan fingerprint density at radius 3 is 2.30 bits per heavy atom. The van der Waals surface area contributed by atoms with Crippen molar-refractivity contribution in [2.45, 2.75) is 46.0 Å². The number of carbonyl (C=O) groups is 2. The maximum absolute atomic E-state index is 12.7. The van der Waals surface area contributed by atoms with Gasteiger partial charge in [-0.05, 0) is 40.0 Å². The Balaban J connectivity index is 1.79. The van der Waals surface area contributed by atoms with Crippen molar-refractivity contribution >= 4 is 22.9 Å². The number of hydrogen-bond donors (Lipinski definition) is 0. The van der Waals surface area contributed by atoms with Gasteiger partial charge in [-0.25, -0.2) is 4.98 Å². The molecule has 2 aromatic rings. The predicted molar refractivity (Wildman–Crippen MR) is 85.4 cm³/mol. The van der Waals surface area contributed by atoms with Gasteiger partial charge in [0.15, 0.2) is 11.6 Å². The molecule has 2 aliphatic rings. The highest BCUT2D eigenvalue weighted by atomic mass is 32.1. The van der Waals surface area contributed by atoms with Gasteiger partial charge in [0.25, 0.3) is 0 Å². The summed E-state index contributed by atoms with van der Waals surface area (Å²) in [6.45, 7) is 5.66. The maximum atomic E-state index is 12.7. The number of aromatic nitrogens is 2. The molecule has 1 unspecified atom stereocenters. The number of Topliss-reactive ketones (excluding diaryl/α,β-unsaturated/α-hetero) is 2. The van der Waals surface area contributed by atoms with E-state index in [-0.39, 0.29) is 23.4 Å². The molecule has 0 N–H and O–H groups in total. The SMILES string of the molecule is Cc1noc(C)c1-c1nc(C2C(=O)[C@@H]3CC[C@@H](C3)C2=O)c(C)s1. The lowest BCUT2D eigenvalue weighted by Crippen LogP contribution is -2.35. The third kappa shape index (κ3) is 2.11. The summed E-state index contributed by atoms with van der Waals surface area (Å²) in [6.07, 6.45) is 2.45. The minimum atomic E-state index is -0.660. The number of thiazole rings is 1. The maximum Gasteiger partial charge on any atom is 0.152 e. The monoisotopic (exact) mass is 330 g/mol. The van der Waals surface area contributed by atoms with Crippen molar-refractivity contribution in [1.82, 2.24) is 10.1 Å². The van der Waals surface area contributed by atoms with Crippen molar-refractivity contribution in [2.75, 3.05) is 0 Å². The molecule has 2 heterocycles. The van der Waals surface area contributed by atoms with E-state index in [1.165, 1.54) is 11.3 Å². The number of rotatable bonds is 2. The summed E-state index contributed by atoms with van der Waals surface area (Å²) in [4.78, 5) is 31.0. The smallest absolute Gasteiger partial charge is 0.152 e. The molecule has 0 aliphatic heterocycles. The summed E-state index contributed by atoms with van der Waals surface area (Å²) in [7, 11) is 0. The molecule has 0 saturated heterocycles. The standard InChI is InChI=1S/C17H18N2O3S/c1-7-12(8(2)22-19-7)17-18-14(9(3)23-17)13-15(20)10-4-5-11(6-10)16(13)21/h10-11,13H,4-6H2,1-3H3/t10-,11+,13?. The first-order chi connectivity index (χ1) is 11.0. The van der Waals surface area contributed by atoms with Gasteiger partial charge in [-0.15, -0.1) is 11.3 Å². The molecule has 0 amide bonds. The second-order valence-corrected chi connectivity index (χ2v) is 7.81.